The second-order valence-corrected chi connectivity index (χ2v) is 4.68. The van der Waals surface area contributed by atoms with Gasteiger partial charge in [-0.1, -0.05) is 20.8 Å². The molecule has 1 aliphatic rings. The van der Waals surface area contributed by atoms with Gasteiger partial charge in [-0.25, -0.2) is 0 Å². The van der Waals surface area contributed by atoms with Gasteiger partial charge in [-0.15, -0.1) is 0 Å². The standard InChI is InChI=1S/C10H20O2/c1-9(2,3)8-6-7-10(8,11-4)12-5/h8H,6-7H2,1-5H3. The van der Waals surface area contributed by atoms with Crippen LogP contribution in [0.1, 0.15) is 33.6 Å². The second kappa shape index (κ2) is 3.00. The van der Waals surface area contributed by atoms with Gasteiger partial charge in [0.2, 0.25) is 0 Å². The van der Waals surface area contributed by atoms with E-state index in [4.69, 9.17) is 9.47 Å². The summed E-state index contributed by atoms with van der Waals surface area (Å²) in [5.41, 5.74) is 0.282. The average molecular weight is 172 g/mol. The number of hydrogen-bond acceptors (Lipinski definition) is 2. The minimum absolute atomic E-state index is 0.282. The van der Waals surface area contributed by atoms with Crippen LogP contribution >= 0.6 is 0 Å². The van der Waals surface area contributed by atoms with Crippen LogP contribution < -0.4 is 0 Å². The SMILES string of the molecule is COC1(OC)CCC1C(C)(C)C. The highest BCUT2D eigenvalue weighted by Gasteiger charge is 2.52. The fraction of sp³-hybridized carbons (Fsp3) is 1.00. The Morgan fingerprint density at radius 1 is 1.17 bits per heavy atom. The Hall–Kier alpha value is -0.0800. The molecule has 1 unspecified atom stereocenters. The summed E-state index contributed by atoms with van der Waals surface area (Å²) in [5, 5.41) is 0. The van der Waals surface area contributed by atoms with Gasteiger partial charge in [-0.3, -0.25) is 0 Å². The average Bonchev–Trinajstić information content (AvgIpc) is 1.85. The van der Waals surface area contributed by atoms with Gasteiger partial charge in [0.25, 0.3) is 0 Å². The molecule has 0 amide bonds. The first-order valence-corrected chi connectivity index (χ1v) is 4.56. The highest BCUT2D eigenvalue weighted by molar-refractivity contribution is 4.96. The van der Waals surface area contributed by atoms with E-state index in [1.807, 2.05) is 0 Å². The molecule has 1 saturated carbocycles. The Morgan fingerprint density at radius 3 is 1.75 bits per heavy atom. The molecular formula is C10H20O2. The van der Waals surface area contributed by atoms with E-state index in [-0.39, 0.29) is 11.2 Å². The molecule has 0 bridgehead atoms. The van der Waals surface area contributed by atoms with Crippen LogP contribution in [0.2, 0.25) is 0 Å². The molecule has 0 heterocycles. The first-order chi connectivity index (χ1) is 5.46. The number of rotatable bonds is 2. The van der Waals surface area contributed by atoms with Crippen LogP contribution in [0.4, 0.5) is 0 Å². The molecule has 2 heteroatoms. The fourth-order valence-electron chi connectivity index (χ4n) is 2.19. The van der Waals surface area contributed by atoms with Crippen LogP contribution in [0.25, 0.3) is 0 Å². The van der Waals surface area contributed by atoms with Crippen molar-refractivity contribution < 1.29 is 9.47 Å². The number of ether oxygens (including phenoxy) is 2. The second-order valence-electron chi connectivity index (χ2n) is 4.68. The van der Waals surface area contributed by atoms with Crippen LogP contribution in [-0.4, -0.2) is 20.0 Å². The van der Waals surface area contributed by atoms with E-state index in [0.717, 1.165) is 6.42 Å². The molecule has 1 atom stereocenters. The fourth-order valence-corrected chi connectivity index (χ4v) is 2.19. The third-order valence-electron chi connectivity index (χ3n) is 3.05. The molecule has 1 aliphatic carbocycles. The van der Waals surface area contributed by atoms with Crippen molar-refractivity contribution in [3.63, 3.8) is 0 Å². The predicted octanol–water partition coefficient (Wildman–Crippen LogP) is 2.43. The highest BCUT2D eigenvalue weighted by atomic mass is 16.7. The van der Waals surface area contributed by atoms with Crippen LogP contribution in [-0.2, 0) is 9.47 Å². The molecule has 72 valence electrons. The third-order valence-corrected chi connectivity index (χ3v) is 3.05. The molecule has 1 rings (SSSR count). The highest BCUT2D eigenvalue weighted by Crippen LogP contribution is 2.51. The zero-order valence-corrected chi connectivity index (χ0v) is 8.81. The quantitative estimate of drug-likeness (QED) is 0.596. The summed E-state index contributed by atoms with van der Waals surface area (Å²) in [7, 11) is 3.48. The van der Waals surface area contributed by atoms with E-state index >= 15 is 0 Å². The van der Waals surface area contributed by atoms with Crippen molar-refractivity contribution >= 4 is 0 Å². The maximum Gasteiger partial charge on any atom is 0.170 e. The lowest BCUT2D eigenvalue weighted by Gasteiger charge is -2.52. The summed E-state index contributed by atoms with van der Waals surface area (Å²) in [6.07, 6.45) is 2.24. The molecule has 0 radical (unpaired) electrons. The van der Waals surface area contributed by atoms with Gasteiger partial charge in [-0.05, 0) is 11.8 Å². The number of methoxy groups -OCH3 is 2. The van der Waals surface area contributed by atoms with Crippen LogP contribution in [0, 0.1) is 11.3 Å². The summed E-state index contributed by atoms with van der Waals surface area (Å²) in [6.45, 7) is 6.72. The summed E-state index contributed by atoms with van der Waals surface area (Å²) >= 11 is 0. The molecule has 12 heavy (non-hydrogen) atoms. The lowest BCUT2D eigenvalue weighted by atomic mass is 9.64. The molecule has 0 aliphatic heterocycles. The number of hydrogen-bond donors (Lipinski definition) is 0. The summed E-state index contributed by atoms with van der Waals surface area (Å²) in [6, 6.07) is 0. The van der Waals surface area contributed by atoms with Crippen LogP contribution in [0.3, 0.4) is 0 Å². The zero-order chi connectivity index (χ0) is 9.41. The van der Waals surface area contributed by atoms with Crippen molar-refractivity contribution in [2.75, 3.05) is 14.2 Å². The Balaban J connectivity index is 2.69. The van der Waals surface area contributed by atoms with Gasteiger partial charge in [0, 0.05) is 26.6 Å². The molecule has 0 saturated heterocycles. The monoisotopic (exact) mass is 172 g/mol. The van der Waals surface area contributed by atoms with Gasteiger partial charge in [0.1, 0.15) is 0 Å². The van der Waals surface area contributed by atoms with Crippen molar-refractivity contribution in [1.82, 2.24) is 0 Å². The molecular weight excluding hydrogens is 152 g/mol. The predicted molar refractivity (Wildman–Crippen MR) is 48.9 cm³/mol. The van der Waals surface area contributed by atoms with Gasteiger partial charge in [-0.2, -0.15) is 0 Å². The van der Waals surface area contributed by atoms with E-state index in [0.29, 0.717) is 5.92 Å². The normalized spacial score (nSPS) is 28.2. The molecule has 2 nitrogen and oxygen atoms in total. The summed E-state index contributed by atoms with van der Waals surface area (Å²) in [5.74, 6) is 0.234. The van der Waals surface area contributed by atoms with Gasteiger partial charge >= 0.3 is 0 Å². The van der Waals surface area contributed by atoms with Crippen molar-refractivity contribution in [2.24, 2.45) is 11.3 Å². The molecule has 0 N–H and O–H groups in total. The van der Waals surface area contributed by atoms with Crippen molar-refractivity contribution in [3.8, 4) is 0 Å². The van der Waals surface area contributed by atoms with E-state index in [1.165, 1.54) is 6.42 Å². The topological polar surface area (TPSA) is 18.5 Å². The van der Waals surface area contributed by atoms with E-state index in [1.54, 1.807) is 14.2 Å². The smallest absolute Gasteiger partial charge is 0.170 e. The van der Waals surface area contributed by atoms with Crippen LogP contribution in [0.5, 0.6) is 0 Å². The first kappa shape index (κ1) is 10.0. The Bertz CT molecular complexity index is 148. The van der Waals surface area contributed by atoms with Crippen molar-refractivity contribution in [2.45, 2.75) is 39.4 Å². The molecule has 0 aromatic carbocycles. The maximum atomic E-state index is 5.44. The minimum atomic E-state index is -0.293. The van der Waals surface area contributed by atoms with Crippen molar-refractivity contribution in [3.05, 3.63) is 0 Å². The Labute approximate surface area is 75.2 Å². The minimum Gasteiger partial charge on any atom is -0.353 e. The molecule has 0 aromatic heterocycles. The molecule has 1 fully saturated rings. The van der Waals surface area contributed by atoms with Gasteiger partial charge in [0.15, 0.2) is 5.79 Å². The zero-order valence-electron chi connectivity index (χ0n) is 8.81. The largest absolute Gasteiger partial charge is 0.353 e. The molecule has 0 spiro atoms. The van der Waals surface area contributed by atoms with E-state index in [9.17, 15) is 0 Å². The summed E-state index contributed by atoms with van der Waals surface area (Å²) in [4.78, 5) is 0. The van der Waals surface area contributed by atoms with Gasteiger partial charge in [0.05, 0.1) is 0 Å². The maximum absolute atomic E-state index is 5.44. The van der Waals surface area contributed by atoms with E-state index < -0.39 is 0 Å². The van der Waals surface area contributed by atoms with Crippen LogP contribution in [0.15, 0.2) is 0 Å². The first-order valence-electron chi connectivity index (χ1n) is 4.56. The lowest BCUT2D eigenvalue weighted by Crippen LogP contribution is -2.55. The Kier molecular flexibility index (Phi) is 2.50. The third kappa shape index (κ3) is 1.38. The molecule has 0 aromatic rings. The van der Waals surface area contributed by atoms with Crippen molar-refractivity contribution in [1.29, 1.82) is 0 Å². The van der Waals surface area contributed by atoms with Gasteiger partial charge < -0.3 is 9.47 Å². The van der Waals surface area contributed by atoms with E-state index in [2.05, 4.69) is 20.8 Å². The Morgan fingerprint density at radius 2 is 1.67 bits per heavy atom. The summed E-state index contributed by atoms with van der Waals surface area (Å²) < 4.78 is 10.9. The lowest BCUT2D eigenvalue weighted by molar-refractivity contribution is -0.306.